The number of pyridine rings is 1. The first-order chi connectivity index (χ1) is 8.20. The van der Waals surface area contributed by atoms with Crippen molar-refractivity contribution in [1.82, 2.24) is 4.98 Å². The standard InChI is InChI=1S/C12H17N3OS/c13-12(17)11-6-10(3-4-14-11)15-5-1-2-9(7-15)8-16/h3-4,6,9,16H,1-2,5,7-8H2,(H2,13,17). The van der Waals surface area contributed by atoms with Gasteiger partial charge in [0.1, 0.15) is 4.99 Å². The van der Waals surface area contributed by atoms with Crippen LogP contribution in [0.4, 0.5) is 5.69 Å². The quantitative estimate of drug-likeness (QED) is 0.782. The van der Waals surface area contributed by atoms with E-state index in [1.165, 1.54) is 0 Å². The third kappa shape index (κ3) is 2.92. The number of thiocarbonyl (C=S) groups is 1. The summed E-state index contributed by atoms with van der Waals surface area (Å²) in [6, 6.07) is 3.88. The van der Waals surface area contributed by atoms with Gasteiger partial charge in [0.05, 0.1) is 5.69 Å². The molecular weight excluding hydrogens is 234 g/mol. The van der Waals surface area contributed by atoms with Crippen molar-refractivity contribution < 1.29 is 5.11 Å². The van der Waals surface area contributed by atoms with Crippen molar-refractivity contribution in [3.05, 3.63) is 24.0 Å². The zero-order valence-electron chi connectivity index (χ0n) is 9.67. The van der Waals surface area contributed by atoms with Gasteiger partial charge < -0.3 is 15.7 Å². The molecule has 17 heavy (non-hydrogen) atoms. The number of piperidine rings is 1. The molecule has 0 amide bonds. The molecule has 1 atom stereocenters. The van der Waals surface area contributed by atoms with Crippen LogP contribution >= 0.6 is 12.2 Å². The maximum atomic E-state index is 9.22. The highest BCUT2D eigenvalue weighted by atomic mass is 32.1. The fourth-order valence-electron chi connectivity index (χ4n) is 2.20. The van der Waals surface area contributed by atoms with Gasteiger partial charge in [-0.05, 0) is 30.9 Å². The van der Waals surface area contributed by atoms with Gasteiger partial charge in [0.2, 0.25) is 0 Å². The highest BCUT2D eigenvalue weighted by Crippen LogP contribution is 2.23. The molecule has 4 nitrogen and oxygen atoms in total. The maximum Gasteiger partial charge on any atom is 0.122 e. The molecular formula is C12H17N3OS. The largest absolute Gasteiger partial charge is 0.396 e. The van der Waals surface area contributed by atoms with Gasteiger partial charge >= 0.3 is 0 Å². The molecule has 0 radical (unpaired) electrons. The Morgan fingerprint density at radius 3 is 3.18 bits per heavy atom. The zero-order chi connectivity index (χ0) is 12.3. The van der Waals surface area contributed by atoms with Crippen LogP contribution in [0.5, 0.6) is 0 Å². The van der Waals surface area contributed by atoms with Crippen LogP contribution < -0.4 is 10.6 Å². The SMILES string of the molecule is NC(=S)c1cc(N2CCCC(CO)C2)ccn1. The molecule has 0 aromatic carbocycles. The molecule has 2 heterocycles. The highest BCUT2D eigenvalue weighted by molar-refractivity contribution is 7.80. The summed E-state index contributed by atoms with van der Waals surface area (Å²) in [4.78, 5) is 6.71. The summed E-state index contributed by atoms with van der Waals surface area (Å²) in [5.74, 6) is 0.366. The second-order valence-corrected chi connectivity index (χ2v) is 4.84. The normalized spacial score (nSPS) is 20.3. The van der Waals surface area contributed by atoms with Crippen LogP contribution in [0.3, 0.4) is 0 Å². The molecule has 2 rings (SSSR count). The lowest BCUT2D eigenvalue weighted by Crippen LogP contribution is -2.36. The smallest absolute Gasteiger partial charge is 0.122 e. The minimum absolute atomic E-state index is 0.254. The van der Waals surface area contributed by atoms with Crippen LogP contribution in [0.1, 0.15) is 18.5 Å². The Morgan fingerprint density at radius 2 is 2.47 bits per heavy atom. The topological polar surface area (TPSA) is 62.4 Å². The van der Waals surface area contributed by atoms with Gasteiger partial charge in [-0.3, -0.25) is 4.98 Å². The molecule has 1 saturated heterocycles. The van der Waals surface area contributed by atoms with Crippen molar-refractivity contribution >= 4 is 22.9 Å². The number of aromatic nitrogens is 1. The minimum Gasteiger partial charge on any atom is -0.396 e. The molecule has 1 fully saturated rings. The van der Waals surface area contributed by atoms with E-state index in [1.54, 1.807) is 6.20 Å². The van der Waals surface area contributed by atoms with Crippen LogP contribution in [0.2, 0.25) is 0 Å². The van der Waals surface area contributed by atoms with E-state index >= 15 is 0 Å². The Kier molecular flexibility index (Phi) is 3.91. The average Bonchev–Trinajstić information content (AvgIpc) is 2.39. The van der Waals surface area contributed by atoms with E-state index in [1.807, 2.05) is 12.1 Å². The molecule has 1 aliphatic heterocycles. The first-order valence-electron chi connectivity index (χ1n) is 5.82. The van der Waals surface area contributed by atoms with E-state index in [2.05, 4.69) is 9.88 Å². The summed E-state index contributed by atoms with van der Waals surface area (Å²) in [6.45, 7) is 2.15. The number of anilines is 1. The summed E-state index contributed by atoms with van der Waals surface area (Å²) in [5.41, 5.74) is 7.32. The summed E-state index contributed by atoms with van der Waals surface area (Å²) in [6.07, 6.45) is 3.93. The average molecular weight is 251 g/mol. The molecule has 0 saturated carbocycles. The maximum absolute atomic E-state index is 9.22. The van der Waals surface area contributed by atoms with Gasteiger partial charge in [-0.2, -0.15) is 0 Å². The third-order valence-corrected chi connectivity index (χ3v) is 3.35. The fraction of sp³-hybridized carbons (Fsp3) is 0.500. The van der Waals surface area contributed by atoms with Gasteiger partial charge in [0.25, 0.3) is 0 Å². The lowest BCUT2D eigenvalue weighted by atomic mass is 9.98. The van der Waals surface area contributed by atoms with E-state index in [0.29, 0.717) is 16.6 Å². The lowest BCUT2D eigenvalue weighted by Gasteiger charge is -2.33. The van der Waals surface area contributed by atoms with E-state index in [-0.39, 0.29) is 6.61 Å². The Bertz CT molecular complexity index is 410. The van der Waals surface area contributed by atoms with Gasteiger partial charge in [-0.15, -0.1) is 0 Å². The van der Waals surface area contributed by atoms with Gasteiger partial charge in [0.15, 0.2) is 0 Å². The van der Waals surface area contributed by atoms with Crippen molar-refractivity contribution in [1.29, 1.82) is 0 Å². The van der Waals surface area contributed by atoms with Crippen molar-refractivity contribution in [2.75, 3.05) is 24.6 Å². The molecule has 0 bridgehead atoms. The molecule has 0 aliphatic carbocycles. The van der Waals surface area contributed by atoms with E-state index in [9.17, 15) is 5.11 Å². The molecule has 1 unspecified atom stereocenters. The summed E-state index contributed by atoms with van der Waals surface area (Å²) in [5, 5.41) is 9.22. The number of rotatable bonds is 3. The number of nitrogens with zero attached hydrogens (tertiary/aromatic N) is 2. The predicted octanol–water partition coefficient (Wildman–Crippen LogP) is 0.924. The minimum atomic E-state index is 0.254. The Morgan fingerprint density at radius 1 is 1.65 bits per heavy atom. The van der Waals surface area contributed by atoms with Crippen molar-refractivity contribution in [2.45, 2.75) is 12.8 Å². The monoisotopic (exact) mass is 251 g/mol. The summed E-state index contributed by atoms with van der Waals surface area (Å²) in [7, 11) is 0. The zero-order valence-corrected chi connectivity index (χ0v) is 10.5. The van der Waals surface area contributed by atoms with E-state index in [4.69, 9.17) is 18.0 Å². The lowest BCUT2D eigenvalue weighted by molar-refractivity contribution is 0.208. The first-order valence-corrected chi connectivity index (χ1v) is 6.23. The van der Waals surface area contributed by atoms with Crippen LogP contribution in [0.25, 0.3) is 0 Å². The number of hydrogen-bond acceptors (Lipinski definition) is 4. The van der Waals surface area contributed by atoms with Gasteiger partial charge in [-0.25, -0.2) is 0 Å². The summed E-state index contributed by atoms with van der Waals surface area (Å²) < 4.78 is 0. The van der Waals surface area contributed by atoms with Crippen LogP contribution in [0.15, 0.2) is 18.3 Å². The molecule has 0 spiro atoms. The molecule has 92 valence electrons. The van der Waals surface area contributed by atoms with Gasteiger partial charge in [0, 0.05) is 31.6 Å². The predicted molar refractivity (Wildman–Crippen MR) is 72.1 cm³/mol. The first kappa shape index (κ1) is 12.3. The highest BCUT2D eigenvalue weighted by Gasteiger charge is 2.19. The van der Waals surface area contributed by atoms with E-state index in [0.717, 1.165) is 31.6 Å². The van der Waals surface area contributed by atoms with Crippen LogP contribution in [-0.4, -0.2) is 34.8 Å². The van der Waals surface area contributed by atoms with Crippen molar-refractivity contribution in [3.63, 3.8) is 0 Å². The second kappa shape index (κ2) is 5.42. The Hall–Kier alpha value is -1.20. The number of hydrogen-bond donors (Lipinski definition) is 2. The molecule has 1 aromatic rings. The number of aliphatic hydroxyl groups is 1. The molecule has 1 aromatic heterocycles. The molecule has 1 aliphatic rings. The van der Waals surface area contributed by atoms with E-state index < -0.39 is 0 Å². The number of aliphatic hydroxyl groups excluding tert-OH is 1. The third-order valence-electron chi connectivity index (χ3n) is 3.14. The van der Waals surface area contributed by atoms with Crippen LogP contribution in [0, 0.1) is 5.92 Å². The van der Waals surface area contributed by atoms with Crippen molar-refractivity contribution in [2.24, 2.45) is 11.7 Å². The number of nitrogens with two attached hydrogens (primary N) is 1. The molecule has 3 N–H and O–H groups in total. The molecule has 5 heteroatoms. The fourth-order valence-corrected chi connectivity index (χ4v) is 2.31. The van der Waals surface area contributed by atoms with Crippen molar-refractivity contribution in [3.8, 4) is 0 Å². The van der Waals surface area contributed by atoms with Crippen LogP contribution in [-0.2, 0) is 0 Å². The Balaban J connectivity index is 2.16. The van der Waals surface area contributed by atoms with Gasteiger partial charge in [-0.1, -0.05) is 12.2 Å². The second-order valence-electron chi connectivity index (χ2n) is 4.40. The summed E-state index contributed by atoms with van der Waals surface area (Å²) >= 11 is 4.93. The Labute approximate surface area is 106 Å².